The molecule has 0 saturated heterocycles. The number of benzene rings is 1. The maximum Gasteiger partial charge on any atom is 0.0931 e. The molecule has 0 unspecified atom stereocenters. The molecule has 0 spiro atoms. The summed E-state index contributed by atoms with van der Waals surface area (Å²) in [7, 11) is 0. The zero-order valence-electron chi connectivity index (χ0n) is 10.0. The molecular weight excluding hydrogens is 264 g/mol. The van der Waals surface area contributed by atoms with E-state index >= 15 is 0 Å². The summed E-state index contributed by atoms with van der Waals surface area (Å²) < 4.78 is 0.856. The number of halogens is 1. The summed E-state index contributed by atoms with van der Waals surface area (Å²) in [5, 5.41) is 0. The van der Waals surface area contributed by atoms with Crippen molar-refractivity contribution in [1.29, 1.82) is 0 Å². The first kappa shape index (κ1) is 11.9. The summed E-state index contributed by atoms with van der Waals surface area (Å²) >= 11 is 7.64. The van der Waals surface area contributed by atoms with Crippen LogP contribution in [0.4, 0.5) is 11.4 Å². The maximum absolute atomic E-state index is 5.98. The van der Waals surface area contributed by atoms with Gasteiger partial charge >= 0.3 is 0 Å². The SMILES string of the molecule is Nc1ccc2c(c1)N(Cc1ccc(Cl)s1)CCC2. The lowest BCUT2D eigenvalue weighted by Gasteiger charge is -2.31. The van der Waals surface area contributed by atoms with Crippen LogP contribution in [0.1, 0.15) is 16.9 Å². The number of nitrogens with two attached hydrogens (primary N) is 1. The minimum atomic E-state index is 0.838. The first-order valence-electron chi connectivity index (χ1n) is 6.10. The zero-order chi connectivity index (χ0) is 12.5. The van der Waals surface area contributed by atoms with Gasteiger partial charge in [-0.3, -0.25) is 0 Å². The molecule has 0 bridgehead atoms. The standard InChI is InChI=1S/C14H15ClN2S/c15-14-6-5-12(18-14)9-17-7-1-2-10-3-4-11(16)8-13(10)17/h3-6,8H,1-2,7,9,16H2. The van der Waals surface area contributed by atoms with Gasteiger partial charge in [0.1, 0.15) is 0 Å². The van der Waals surface area contributed by atoms with E-state index in [1.54, 1.807) is 11.3 Å². The molecule has 0 saturated carbocycles. The molecule has 2 aromatic rings. The normalized spacial score (nSPS) is 14.6. The lowest BCUT2D eigenvalue weighted by Crippen LogP contribution is -2.28. The minimum absolute atomic E-state index is 0.838. The van der Waals surface area contributed by atoms with Crippen molar-refractivity contribution >= 4 is 34.3 Å². The van der Waals surface area contributed by atoms with Crippen molar-refractivity contribution in [3.63, 3.8) is 0 Å². The van der Waals surface area contributed by atoms with Gasteiger partial charge in [-0.15, -0.1) is 11.3 Å². The number of fused-ring (bicyclic) bond motifs is 1. The van der Waals surface area contributed by atoms with Crippen LogP contribution in [0.5, 0.6) is 0 Å². The molecule has 3 rings (SSSR count). The molecule has 0 radical (unpaired) electrons. The highest BCUT2D eigenvalue weighted by molar-refractivity contribution is 7.16. The van der Waals surface area contributed by atoms with Crippen molar-refractivity contribution < 1.29 is 0 Å². The second-order valence-electron chi connectivity index (χ2n) is 4.62. The summed E-state index contributed by atoms with van der Waals surface area (Å²) in [6, 6.07) is 10.3. The predicted molar refractivity (Wildman–Crippen MR) is 79.6 cm³/mol. The van der Waals surface area contributed by atoms with Gasteiger partial charge in [0.15, 0.2) is 0 Å². The van der Waals surface area contributed by atoms with Gasteiger partial charge in [-0.1, -0.05) is 17.7 Å². The third-order valence-corrected chi connectivity index (χ3v) is 4.52. The highest BCUT2D eigenvalue weighted by Crippen LogP contribution is 2.32. The van der Waals surface area contributed by atoms with E-state index in [2.05, 4.69) is 23.1 Å². The lowest BCUT2D eigenvalue weighted by atomic mass is 10.0. The number of aryl methyl sites for hydroxylation is 1. The Hall–Kier alpha value is -1.19. The van der Waals surface area contributed by atoms with Crippen LogP contribution < -0.4 is 10.6 Å². The maximum atomic E-state index is 5.98. The summed E-state index contributed by atoms with van der Waals surface area (Å²) in [4.78, 5) is 3.70. The van der Waals surface area contributed by atoms with Gasteiger partial charge in [0.25, 0.3) is 0 Å². The highest BCUT2D eigenvalue weighted by Gasteiger charge is 2.17. The molecule has 1 aromatic carbocycles. The van der Waals surface area contributed by atoms with E-state index in [0.717, 1.165) is 29.5 Å². The van der Waals surface area contributed by atoms with Crippen LogP contribution in [-0.2, 0) is 13.0 Å². The van der Waals surface area contributed by atoms with Crippen LogP contribution in [-0.4, -0.2) is 6.54 Å². The topological polar surface area (TPSA) is 29.3 Å². The Morgan fingerprint density at radius 2 is 2.17 bits per heavy atom. The average molecular weight is 279 g/mol. The number of nitrogens with zero attached hydrogens (tertiary/aromatic N) is 1. The zero-order valence-corrected chi connectivity index (χ0v) is 11.6. The van der Waals surface area contributed by atoms with Crippen molar-refractivity contribution in [3.8, 4) is 0 Å². The van der Waals surface area contributed by atoms with Crippen LogP contribution in [0.2, 0.25) is 4.34 Å². The number of anilines is 2. The number of rotatable bonds is 2. The van der Waals surface area contributed by atoms with Gasteiger partial charge < -0.3 is 10.6 Å². The van der Waals surface area contributed by atoms with Crippen molar-refractivity contribution in [2.75, 3.05) is 17.2 Å². The van der Waals surface area contributed by atoms with Crippen molar-refractivity contribution in [1.82, 2.24) is 0 Å². The Morgan fingerprint density at radius 3 is 2.94 bits per heavy atom. The van der Waals surface area contributed by atoms with Crippen LogP contribution in [0.25, 0.3) is 0 Å². The average Bonchev–Trinajstić information content (AvgIpc) is 2.76. The molecule has 0 amide bonds. The minimum Gasteiger partial charge on any atom is -0.399 e. The van der Waals surface area contributed by atoms with Gasteiger partial charge in [0.05, 0.1) is 10.9 Å². The lowest BCUT2D eigenvalue weighted by molar-refractivity contribution is 0.695. The largest absolute Gasteiger partial charge is 0.399 e. The summed E-state index contributed by atoms with van der Waals surface area (Å²) in [6.45, 7) is 2.01. The van der Waals surface area contributed by atoms with Crippen LogP contribution >= 0.6 is 22.9 Å². The quantitative estimate of drug-likeness (QED) is 0.843. The van der Waals surface area contributed by atoms with E-state index in [0.29, 0.717) is 0 Å². The third kappa shape index (κ3) is 2.33. The number of hydrogen-bond donors (Lipinski definition) is 1. The molecule has 18 heavy (non-hydrogen) atoms. The fraction of sp³-hybridized carbons (Fsp3) is 0.286. The first-order chi connectivity index (χ1) is 8.72. The summed E-state index contributed by atoms with van der Waals surface area (Å²) in [5.41, 5.74) is 9.42. The molecule has 0 aliphatic carbocycles. The van der Waals surface area contributed by atoms with Crippen LogP contribution in [0.15, 0.2) is 30.3 Å². The molecule has 2 N–H and O–H groups in total. The molecule has 0 atom stereocenters. The smallest absolute Gasteiger partial charge is 0.0931 e. The number of nitrogen functional groups attached to an aromatic ring is 1. The van der Waals surface area contributed by atoms with Crippen molar-refractivity contribution in [2.45, 2.75) is 19.4 Å². The van der Waals surface area contributed by atoms with Crippen molar-refractivity contribution in [3.05, 3.63) is 45.1 Å². The first-order valence-corrected chi connectivity index (χ1v) is 7.29. The molecule has 94 valence electrons. The fourth-order valence-corrected chi connectivity index (χ4v) is 3.56. The molecule has 4 heteroatoms. The predicted octanol–water partition coefficient (Wildman–Crippen LogP) is 3.94. The molecule has 1 aliphatic heterocycles. The monoisotopic (exact) mass is 278 g/mol. The number of hydrogen-bond acceptors (Lipinski definition) is 3. The molecule has 2 heterocycles. The summed E-state index contributed by atoms with van der Waals surface area (Å²) in [6.07, 6.45) is 2.35. The Labute approximate surface area is 116 Å². The molecule has 1 aromatic heterocycles. The molecule has 0 fully saturated rings. The Kier molecular flexibility index (Phi) is 3.18. The van der Waals surface area contributed by atoms with Crippen LogP contribution in [0, 0.1) is 0 Å². The number of thiophene rings is 1. The highest BCUT2D eigenvalue weighted by atomic mass is 35.5. The van der Waals surface area contributed by atoms with Gasteiger partial charge in [-0.25, -0.2) is 0 Å². The van der Waals surface area contributed by atoms with E-state index in [-0.39, 0.29) is 0 Å². The third-order valence-electron chi connectivity index (χ3n) is 3.30. The van der Waals surface area contributed by atoms with Gasteiger partial charge in [0, 0.05) is 22.8 Å². The molecular formula is C14H15ClN2S. The molecule has 2 nitrogen and oxygen atoms in total. The second kappa shape index (κ2) is 4.82. The Morgan fingerprint density at radius 1 is 1.28 bits per heavy atom. The van der Waals surface area contributed by atoms with Gasteiger partial charge in [-0.05, 0) is 42.7 Å². The van der Waals surface area contributed by atoms with E-state index < -0.39 is 0 Å². The van der Waals surface area contributed by atoms with E-state index in [1.807, 2.05) is 12.1 Å². The van der Waals surface area contributed by atoms with Gasteiger partial charge in [0.2, 0.25) is 0 Å². The van der Waals surface area contributed by atoms with Crippen LogP contribution in [0.3, 0.4) is 0 Å². The van der Waals surface area contributed by atoms with Gasteiger partial charge in [-0.2, -0.15) is 0 Å². The second-order valence-corrected chi connectivity index (χ2v) is 6.42. The van der Waals surface area contributed by atoms with E-state index in [4.69, 9.17) is 17.3 Å². The van der Waals surface area contributed by atoms with E-state index in [9.17, 15) is 0 Å². The fourth-order valence-electron chi connectivity index (χ4n) is 2.46. The molecule has 1 aliphatic rings. The summed E-state index contributed by atoms with van der Waals surface area (Å²) in [5.74, 6) is 0. The van der Waals surface area contributed by atoms with Crippen molar-refractivity contribution in [2.24, 2.45) is 0 Å². The Bertz CT molecular complexity index is 565. The van der Waals surface area contributed by atoms with E-state index in [1.165, 1.54) is 22.5 Å². The Balaban J connectivity index is 1.88.